The Bertz CT molecular complexity index is 266. The first-order valence-electron chi connectivity index (χ1n) is 5.20. The maximum Gasteiger partial charge on any atom is 0.206 e. The maximum absolute atomic E-state index is 10.8. The summed E-state index contributed by atoms with van der Waals surface area (Å²) < 4.78 is 0. The molecule has 0 bridgehead atoms. The first kappa shape index (κ1) is 11.0. The molecule has 0 amide bonds. The van der Waals surface area contributed by atoms with Crippen molar-refractivity contribution in [1.29, 1.82) is 0 Å². The van der Waals surface area contributed by atoms with Crippen LogP contribution in [0.4, 0.5) is 0 Å². The van der Waals surface area contributed by atoms with Gasteiger partial charge in [-0.25, -0.2) is 0 Å². The molecular formula is C13H17O. The van der Waals surface area contributed by atoms with Gasteiger partial charge < -0.3 is 0 Å². The number of hydrogen-bond donors (Lipinski definition) is 0. The number of hydrogen-bond acceptors (Lipinski definition) is 1. The van der Waals surface area contributed by atoms with E-state index in [1.54, 1.807) is 0 Å². The normalized spacial score (nSPS) is 14.7. The molecule has 2 unspecified atom stereocenters. The molecule has 14 heavy (non-hydrogen) atoms. The quantitative estimate of drug-likeness (QED) is 0.694. The van der Waals surface area contributed by atoms with Crippen LogP contribution >= 0.6 is 0 Å². The Morgan fingerprint density at radius 3 is 2.43 bits per heavy atom. The van der Waals surface area contributed by atoms with Gasteiger partial charge in [0.1, 0.15) is 0 Å². The zero-order valence-electron chi connectivity index (χ0n) is 8.86. The molecule has 0 aliphatic rings. The number of rotatable bonds is 5. The minimum atomic E-state index is -0.0499. The van der Waals surface area contributed by atoms with Crippen molar-refractivity contribution in [2.45, 2.75) is 32.6 Å². The highest BCUT2D eigenvalue weighted by Crippen LogP contribution is 2.22. The lowest BCUT2D eigenvalue weighted by atomic mass is 9.90. The molecule has 0 saturated carbocycles. The molecule has 0 fully saturated rings. The molecule has 0 spiro atoms. The first-order valence-corrected chi connectivity index (χ1v) is 5.20. The van der Waals surface area contributed by atoms with E-state index in [1.165, 1.54) is 0 Å². The monoisotopic (exact) mass is 189 g/mol. The second kappa shape index (κ2) is 5.58. The van der Waals surface area contributed by atoms with Crippen molar-refractivity contribution in [3.8, 4) is 0 Å². The zero-order valence-corrected chi connectivity index (χ0v) is 8.86. The van der Waals surface area contributed by atoms with Gasteiger partial charge in [-0.3, -0.25) is 4.79 Å². The van der Waals surface area contributed by atoms with Gasteiger partial charge >= 0.3 is 0 Å². The van der Waals surface area contributed by atoms with Crippen molar-refractivity contribution in [2.75, 3.05) is 0 Å². The van der Waals surface area contributed by atoms with Gasteiger partial charge in [0, 0.05) is 0 Å². The Kier molecular flexibility index (Phi) is 4.37. The highest BCUT2D eigenvalue weighted by molar-refractivity contribution is 5.62. The molecule has 2 atom stereocenters. The van der Waals surface area contributed by atoms with Gasteiger partial charge in [0.05, 0.1) is 5.92 Å². The van der Waals surface area contributed by atoms with Crippen molar-refractivity contribution in [3.05, 3.63) is 35.9 Å². The minimum Gasteiger partial charge on any atom is -0.290 e. The van der Waals surface area contributed by atoms with Crippen LogP contribution in [0.2, 0.25) is 0 Å². The average Bonchev–Trinajstić information content (AvgIpc) is 2.26. The molecule has 0 N–H and O–H groups in total. The lowest BCUT2D eigenvalue weighted by molar-refractivity contribution is 0.475. The van der Waals surface area contributed by atoms with E-state index in [2.05, 4.69) is 20.1 Å². The molecule has 0 aliphatic heterocycles. The van der Waals surface area contributed by atoms with Crippen molar-refractivity contribution >= 4 is 6.29 Å². The summed E-state index contributed by atoms with van der Waals surface area (Å²) in [7, 11) is 0. The van der Waals surface area contributed by atoms with Crippen molar-refractivity contribution in [3.63, 3.8) is 0 Å². The fourth-order valence-corrected chi connectivity index (χ4v) is 1.51. The summed E-state index contributed by atoms with van der Waals surface area (Å²) in [5.41, 5.74) is 1.09. The van der Waals surface area contributed by atoms with Crippen LogP contribution in [0.1, 0.15) is 38.2 Å². The predicted octanol–water partition coefficient (Wildman–Crippen LogP) is 3.32. The van der Waals surface area contributed by atoms with E-state index in [1.807, 2.05) is 30.3 Å². The molecule has 0 saturated heterocycles. The van der Waals surface area contributed by atoms with Gasteiger partial charge in [-0.1, -0.05) is 50.6 Å². The molecule has 1 heteroatoms. The second-order valence-corrected chi connectivity index (χ2v) is 3.83. The van der Waals surface area contributed by atoms with E-state index < -0.39 is 0 Å². The molecule has 75 valence electrons. The predicted molar refractivity (Wildman–Crippen MR) is 58.9 cm³/mol. The fraction of sp³-hybridized carbons (Fsp3) is 0.462. The van der Waals surface area contributed by atoms with Crippen molar-refractivity contribution < 1.29 is 4.79 Å². The highest BCUT2D eigenvalue weighted by Gasteiger charge is 2.13. The molecule has 1 aromatic carbocycles. The van der Waals surface area contributed by atoms with Gasteiger partial charge in [0.15, 0.2) is 0 Å². The third-order valence-electron chi connectivity index (χ3n) is 2.68. The molecule has 0 heterocycles. The van der Waals surface area contributed by atoms with Crippen molar-refractivity contribution in [2.24, 2.45) is 5.92 Å². The Balaban J connectivity index is 2.68. The smallest absolute Gasteiger partial charge is 0.206 e. The van der Waals surface area contributed by atoms with Crippen LogP contribution in [-0.2, 0) is 4.79 Å². The molecule has 1 aromatic rings. The first-order chi connectivity index (χ1) is 6.77. The van der Waals surface area contributed by atoms with Crippen LogP contribution in [0.25, 0.3) is 0 Å². The third kappa shape index (κ3) is 2.99. The largest absolute Gasteiger partial charge is 0.290 e. The molecule has 1 nitrogen and oxygen atoms in total. The third-order valence-corrected chi connectivity index (χ3v) is 2.68. The number of carbonyl (C=O) groups excluding carboxylic acids is 1. The fourth-order valence-electron chi connectivity index (χ4n) is 1.51. The molecule has 1 rings (SSSR count). The van der Waals surface area contributed by atoms with Crippen LogP contribution in [0.3, 0.4) is 0 Å². The van der Waals surface area contributed by atoms with Crippen LogP contribution in [-0.4, -0.2) is 6.29 Å². The van der Waals surface area contributed by atoms with E-state index in [-0.39, 0.29) is 5.92 Å². The Hall–Kier alpha value is -1.11. The van der Waals surface area contributed by atoms with E-state index in [0.29, 0.717) is 5.92 Å². The van der Waals surface area contributed by atoms with Crippen LogP contribution in [0.5, 0.6) is 0 Å². The van der Waals surface area contributed by atoms with E-state index in [4.69, 9.17) is 0 Å². The van der Waals surface area contributed by atoms with Gasteiger partial charge in [-0.2, -0.15) is 0 Å². The minimum absolute atomic E-state index is 0.0499. The Morgan fingerprint density at radius 2 is 1.93 bits per heavy atom. The summed E-state index contributed by atoms with van der Waals surface area (Å²) in [5.74, 6) is 0.535. The highest BCUT2D eigenvalue weighted by atomic mass is 16.1. The lowest BCUT2D eigenvalue weighted by Gasteiger charge is -2.14. The van der Waals surface area contributed by atoms with Gasteiger partial charge in [0.25, 0.3) is 0 Å². The lowest BCUT2D eigenvalue weighted by Crippen LogP contribution is -2.05. The average molecular weight is 189 g/mol. The Morgan fingerprint density at radius 1 is 1.29 bits per heavy atom. The molecular weight excluding hydrogens is 172 g/mol. The summed E-state index contributed by atoms with van der Waals surface area (Å²) in [6.07, 6.45) is 4.16. The van der Waals surface area contributed by atoms with E-state index >= 15 is 0 Å². The second-order valence-electron chi connectivity index (χ2n) is 3.83. The molecule has 1 radical (unpaired) electrons. The van der Waals surface area contributed by atoms with Crippen LogP contribution in [0, 0.1) is 5.92 Å². The number of benzene rings is 1. The van der Waals surface area contributed by atoms with Gasteiger partial charge in [0.2, 0.25) is 6.29 Å². The summed E-state index contributed by atoms with van der Waals surface area (Å²) >= 11 is 0. The van der Waals surface area contributed by atoms with E-state index in [9.17, 15) is 4.79 Å². The standard InChI is InChI=1S/C13H17O/c1-3-11(2)9-13(10-14)12-7-5-4-6-8-12/h4-8,11,13H,3,9H2,1-2H3. The van der Waals surface area contributed by atoms with Gasteiger partial charge in [-0.05, 0) is 17.9 Å². The molecule has 0 aromatic heterocycles. The summed E-state index contributed by atoms with van der Waals surface area (Å²) in [4.78, 5) is 10.8. The SMILES string of the molecule is CCC(C)CC([C]=O)c1ccccc1. The topological polar surface area (TPSA) is 17.1 Å². The zero-order chi connectivity index (χ0) is 10.4. The van der Waals surface area contributed by atoms with Crippen molar-refractivity contribution in [1.82, 2.24) is 0 Å². The van der Waals surface area contributed by atoms with Crippen LogP contribution in [0.15, 0.2) is 30.3 Å². The summed E-state index contributed by atoms with van der Waals surface area (Å²) in [6, 6.07) is 9.90. The van der Waals surface area contributed by atoms with Crippen LogP contribution < -0.4 is 0 Å². The summed E-state index contributed by atoms with van der Waals surface area (Å²) in [6.45, 7) is 4.32. The van der Waals surface area contributed by atoms with E-state index in [0.717, 1.165) is 18.4 Å². The Labute approximate surface area is 86.1 Å². The molecule has 0 aliphatic carbocycles. The summed E-state index contributed by atoms with van der Waals surface area (Å²) in [5, 5.41) is 0. The van der Waals surface area contributed by atoms with Gasteiger partial charge in [-0.15, -0.1) is 0 Å². The maximum atomic E-state index is 10.8.